The van der Waals surface area contributed by atoms with Crippen molar-refractivity contribution in [1.29, 1.82) is 0 Å². The topological polar surface area (TPSA) is 70.2 Å². The number of rotatable bonds is 5. The van der Waals surface area contributed by atoms with E-state index in [0.717, 1.165) is 9.13 Å². The molecule has 0 aromatic heterocycles. The Morgan fingerprint density at radius 1 is 0.974 bits per heavy atom. The highest BCUT2D eigenvalue weighted by atomic mass is 127. The predicted molar refractivity (Wildman–Crippen MR) is 159 cm³/mol. The maximum Gasteiger partial charge on any atom is 0.257 e. The van der Waals surface area contributed by atoms with Crippen LogP contribution in [0.15, 0.2) is 66.7 Å². The van der Waals surface area contributed by atoms with Crippen molar-refractivity contribution in [2.45, 2.75) is 19.0 Å². The summed E-state index contributed by atoms with van der Waals surface area (Å²) in [4.78, 5) is 47.0. The van der Waals surface area contributed by atoms with Gasteiger partial charge in [-0.1, -0.05) is 47.5 Å². The smallest absolute Gasteiger partial charge is 0.257 e. The van der Waals surface area contributed by atoms with Gasteiger partial charge in [-0.25, -0.2) is 0 Å². The second-order valence-corrected chi connectivity index (χ2v) is 11.6. The van der Waals surface area contributed by atoms with E-state index >= 15 is 0 Å². The van der Waals surface area contributed by atoms with Gasteiger partial charge >= 0.3 is 0 Å². The van der Waals surface area contributed by atoms with Crippen molar-refractivity contribution in [2.75, 3.05) is 37.7 Å². The first-order chi connectivity index (χ1) is 18.7. The number of carbonyl (C=O) groups excluding carboxylic acids is 3. The molecule has 5 rings (SSSR count). The number of amides is 3. The Morgan fingerprint density at radius 2 is 1.59 bits per heavy atom. The molecule has 10 heteroatoms. The first-order valence-electron chi connectivity index (χ1n) is 12.5. The number of benzene rings is 3. The lowest BCUT2D eigenvalue weighted by atomic mass is 9.98. The molecule has 7 nitrogen and oxygen atoms in total. The summed E-state index contributed by atoms with van der Waals surface area (Å²) in [5.41, 5.74) is 2.20. The van der Waals surface area contributed by atoms with Gasteiger partial charge in [0.2, 0.25) is 5.91 Å². The zero-order valence-electron chi connectivity index (χ0n) is 21.1. The second kappa shape index (κ2) is 11.8. The Morgan fingerprint density at radius 3 is 2.23 bits per heavy atom. The van der Waals surface area contributed by atoms with Crippen molar-refractivity contribution >= 4 is 69.2 Å². The van der Waals surface area contributed by atoms with Crippen LogP contribution < -0.4 is 4.90 Å². The van der Waals surface area contributed by atoms with E-state index in [1.165, 1.54) is 4.90 Å². The molecule has 3 amide bonds. The number of anilines is 1. The van der Waals surface area contributed by atoms with Gasteiger partial charge in [-0.3, -0.25) is 14.4 Å². The molecule has 39 heavy (non-hydrogen) atoms. The van der Waals surface area contributed by atoms with Crippen molar-refractivity contribution in [3.63, 3.8) is 0 Å². The van der Waals surface area contributed by atoms with E-state index in [9.17, 15) is 14.4 Å². The van der Waals surface area contributed by atoms with E-state index in [2.05, 4.69) is 22.6 Å². The maximum absolute atomic E-state index is 14.5. The second-order valence-electron chi connectivity index (χ2n) is 9.47. The highest BCUT2D eigenvalue weighted by molar-refractivity contribution is 14.1. The van der Waals surface area contributed by atoms with Gasteiger partial charge in [0.25, 0.3) is 11.8 Å². The van der Waals surface area contributed by atoms with Crippen LogP contribution in [-0.4, -0.2) is 60.4 Å². The summed E-state index contributed by atoms with van der Waals surface area (Å²) >= 11 is 14.5. The molecule has 0 bridgehead atoms. The molecule has 3 aromatic rings. The molecule has 0 unspecified atom stereocenters. The number of carbonyl (C=O) groups is 3. The molecule has 1 saturated heterocycles. The van der Waals surface area contributed by atoms with E-state index in [0.29, 0.717) is 53.2 Å². The van der Waals surface area contributed by atoms with E-state index in [4.69, 9.17) is 27.9 Å². The molecule has 2 heterocycles. The Balaban J connectivity index is 1.65. The lowest BCUT2D eigenvalue weighted by molar-refractivity contribution is -0.135. The van der Waals surface area contributed by atoms with Gasteiger partial charge in [-0.2, -0.15) is 0 Å². The number of halogens is 3. The lowest BCUT2D eigenvalue weighted by Crippen LogP contribution is -2.49. The summed E-state index contributed by atoms with van der Waals surface area (Å²) in [6, 6.07) is 18.0. The number of ether oxygens (including phenoxy) is 1. The van der Waals surface area contributed by atoms with Gasteiger partial charge in [0.05, 0.1) is 30.5 Å². The van der Waals surface area contributed by atoms with Gasteiger partial charge in [-0.15, -0.1) is 0 Å². The molecular weight excluding hydrogens is 652 g/mol. The minimum absolute atomic E-state index is 0.188. The van der Waals surface area contributed by atoms with Crippen molar-refractivity contribution in [1.82, 2.24) is 9.80 Å². The van der Waals surface area contributed by atoms with E-state index in [1.54, 1.807) is 58.3 Å². The molecule has 2 aliphatic rings. The molecule has 0 radical (unpaired) electrons. The summed E-state index contributed by atoms with van der Waals surface area (Å²) in [5, 5.41) is 1.09. The van der Waals surface area contributed by atoms with E-state index in [-0.39, 0.29) is 24.3 Å². The minimum Gasteiger partial charge on any atom is -0.378 e. The van der Waals surface area contributed by atoms with E-state index in [1.807, 2.05) is 25.1 Å². The molecule has 2 aliphatic heterocycles. The number of morpholine rings is 1. The van der Waals surface area contributed by atoms with Crippen LogP contribution in [0.3, 0.4) is 0 Å². The van der Waals surface area contributed by atoms with Gasteiger partial charge in [-0.05, 0) is 83.1 Å². The molecule has 202 valence electrons. The summed E-state index contributed by atoms with van der Waals surface area (Å²) in [7, 11) is 0. The Hall–Kier alpha value is -2.66. The van der Waals surface area contributed by atoms with Gasteiger partial charge in [0.15, 0.2) is 0 Å². The Kier molecular flexibility index (Phi) is 8.46. The molecule has 1 fully saturated rings. The third-order valence-electron chi connectivity index (χ3n) is 7.11. The van der Waals surface area contributed by atoms with Crippen LogP contribution in [0.2, 0.25) is 10.0 Å². The highest BCUT2D eigenvalue weighted by Gasteiger charge is 2.43. The molecule has 0 N–H and O–H groups in total. The molecular formula is C29H26Cl2IN3O4. The van der Waals surface area contributed by atoms with Crippen molar-refractivity contribution < 1.29 is 19.1 Å². The largest absolute Gasteiger partial charge is 0.378 e. The fraction of sp³-hybridized carbons (Fsp3) is 0.276. The molecule has 2 atom stereocenters. The monoisotopic (exact) mass is 677 g/mol. The summed E-state index contributed by atoms with van der Waals surface area (Å²) < 4.78 is 6.24. The van der Waals surface area contributed by atoms with Crippen molar-refractivity contribution in [2.24, 2.45) is 0 Å². The standard InChI is InChI=1S/C29H26Cl2IN3O4/c1-18(19-2-6-21(30)7-3-19)35-27(20-4-8-22(31)9-5-20)29(38)34(17-26(36)33-12-14-39-15-13-33)25-11-10-23(32)16-24(25)28(35)37/h2-11,16,18,27H,12-15,17H2,1H3/t18-,27+/m1/s1. The third-order valence-corrected chi connectivity index (χ3v) is 8.28. The Labute approximate surface area is 250 Å². The number of hydrogen-bond acceptors (Lipinski definition) is 4. The highest BCUT2D eigenvalue weighted by Crippen LogP contribution is 2.40. The molecule has 0 saturated carbocycles. The fourth-order valence-corrected chi connectivity index (χ4v) is 5.76. The summed E-state index contributed by atoms with van der Waals surface area (Å²) in [5.74, 6) is -0.869. The maximum atomic E-state index is 14.5. The quantitative estimate of drug-likeness (QED) is 0.323. The average molecular weight is 678 g/mol. The van der Waals surface area contributed by atoms with Crippen LogP contribution >= 0.6 is 45.8 Å². The molecule has 3 aromatic carbocycles. The Bertz CT molecular complexity index is 1390. The van der Waals surface area contributed by atoms with Gasteiger partial charge < -0.3 is 19.4 Å². The molecule has 0 spiro atoms. The summed E-state index contributed by atoms with van der Waals surface area (Å²) in [6.07, 6.45) is 0. The number of nitrogens with zero attached hydrogens (tertiary/aromatic N) is 3. The first kappa shape index (κ1) is 27.9. The number of fused-ring (bicyclic) bond motifs is 1. The molecule has 0 aliphatic carbocycles. The predicted octanol–water partition coefficient (Wildman–Crippen LogP) is 5.75. The van der Waals surface area contributed by atoms with Crippen LogP contribution in [0.5, 0.6) is 0 Å². The fourth-order valence-electron chi connectivity index (χ4n) is 5.02. The van der Waals surface area contributed by atoms with Crippen LogP contribution in [0.25, 0.3) is 0 Å². The number of hydrogen-bond donors (Lipinski definition) is 0. The minimum atomic E-state index is -0.997. The summed E-state index contributed by atoms with van der Waals surface area (Å²) in [6.45, 7) is 3.52. The third kappa shape index (κ3) is 5.79. The SMILES string of the molecule is C[C@H](c1ccc(Cl)cc1)N1C(=O)c2cc(I)ccc2N(CC(=O)N2CCOCC2)C(=O)[C@@H]1c1ccc(Cl)cc1. The van der Waals surface area contributed by atoms with Crippen molar-refractivity contribution in [3.05, 3.63) is 97.0 Å². The first-order valence-corrected chi connectivity index (χ1v) is 14.4. The average Bonchev–Trinajstić information content (AvgIpc) is 3.03. The van der Waals surface area contributed by atoms with Gasteiger partial charge in [0, 0.05) is 26.7 Å². The van der Waals surface area contributed by atoms with Crippen molar-refractivity contribution in [3.8, 4) is 0 Å². The van der Waals surface area contributed by atoms with Gasteiger partial charge in [0.1, 0.15) is 12.6 Å². The van der Waals surface area contributed by atoms with Crippen LogP contribution in [0, 0.1) is 3.57 Å². The normalized spacial score (nSPS) is 18.6. The van der Waals surface area contributed by atoms with Crippen LogP contribution in [0.4, 0.5) is 5.69 Å². The zero-order valence-corrected chi connectivity index (χ0v) is 24.8. The zero-order chi connectivity index (χ0) is 27.7. The van der Waals surface area contributed by atoms with Crippen LogP contribution in [0.1, 0.15) is 40.5 Å². The van der Waals surface area contributed by atoms with E-state index < -0.39 is 12.1 Å². The lowest BCUT2D eigenvalue weighted by Gasteiger charge is -2.36. The van der Waals surface area contributed by atoms with Crippen LogP contribution in [-0.2, 0) is 14.3 Å².